The average molecular weight is 463 g/mol. The summed E-state index contributed by atoms with van der Waals surface area (Å²) in [5, 5.41) is 3.09. The number of hydrogen-bond donors (Lipinski definition) is 1. The fraction of sp³-hybridized carbons (Fsp3) is 0.929. The van der Waals surface area contributed by atoms with E-state index in [2.05, 4.69) is 27.9 Å². The Labute approximate surface area is 156 Å². The van der Waals surface area contributed by atoms with Crippen LogP contribution < -0.4 is 5.32 Å². The zero-order valence-electron chi connectivity index (χ0n) is 13.3. The predicted molar refractivity (Wildman–Crippen MR) is 98.5 cm³/mol. The lowest BCUT2D eigenvalue weighted by Gasteiger charge is -2.19. The molecule has 1 heterocycles. The van der Waals surface area contributed by atoms with E-state index in [9.17, 15) is 0 Å². The van der Waals surface area contributed by atoms with E-state index >= 15 is 0 Å². The van der Waals surface area contributed by atoms with Gasteiger partial charge in [-0.2, -0.15) is 0 Å². The first-order chi connectivity index (χ1) is 11.3. The number of halogens is 1. The van der Waals surface area contributed by atoms with Crippen molar-refractivity contribution in [3.8, 4) is 0 Å². The molecule has 1 rings (SSSR count). The minimum Gasteiger partial charge on any atom is -0.377 e. The number of hydrogen-bond acceptors (Lipinski definition) is 7. The summed E-state index contributed by atoms with van der Waals surface area (Å²) < 4.78 is 33.7. The second-order valence-corrected chi connectivity index (χ2v) is 6.89. The molecule has 1 atom stereocenters. The van der Waals surface area contributed by atoms with Crippen LogP contribution in [0, 0.1) is 0 Å². The SMILES string of the molecule is S=C(I)NCC1COCCOCCOCCOCCOCCO1. The summed E-state index contributed by atoms with van der Waals surface area (Å²) in [5.74, 6) is 0. The average Bonchev–Trinajstić information content (AvgIpc) is 2.53. The molecule has 1 aliphatic rings. The summed E-state index contributed by atoms with van der Waals surface area (Å²) >= 11 is 7.06. The molecule has 0 aromatic heterocycles. The Hall–Kier alpha value is 0.380. The van der Waals surface area contributed by atoms with Crippen molar-refractivity contribution in [3.63, 3.8) is 0 Å². The van der Waals surface area contributed by atoms with Gasteiger partial charge in [0.1, 0.15) is 3.00 Å². The molecule has 1 unspecified atom stereocenters. The van der Waals surface area contributed by atoms with Gasteiger partial charge in [0.15, 0.2) is 0 Å². The first-order valence-electron chi connectivity index (χ1n) is 7.72. The van der Waals surface area contributed by atoms with E-state index in [1.165, 1.54) is 0 Å². The predicted octanol–water partition coefficient (Wildman–Crippen LogP) is 0.778. The number of ether oxygens (including phenoxy) is 6. The van der Waals surface area contributed by atoms with Crippen LogP contribution in [0.4, 0.5) is 0 Å². The van der Waals surface area contributed by atoms with E-state index < -0.39 is 0 Å². The van der Waals surface area contributed by atoms with Crippen LogP contribution in [0.5, 0.6) is 0 Å². The van der Waals surface area contributed by atoms with Crippen molar-refractivity contribution >= 4 is 37.8 Å². The van der Waals surface area contributed by atoms with Crippen LogP contribution in [0.2, 0.25) is 0 Å². The van der Waals surface area contributed by atoms with E-state index in [1.807, 2.05) is 0 Å². The highest BCUT2D eigenvalue weighted by Gasteiger charge is 2.10. The monoisotopic (exact) mass is 463 g/mol. The zero-order chi connectivity index (χ0) is 16.6. The molecule has 0 bridgehead atoms. The molecule has 136 valence electrons. The Bertz CT molecular complexity index is 282. The molecular formula is C14H26INO6S. The Kier molecular flexibility index (Phi) is 14.8. The van der Waals surface area contributed by atoms with Gasteiger partial charge in [-0.15, -0.1) is 0 Å². The van der Waals surface area contributed by atoms with E-state index in [1.54, 1.807) is 0 Å². The van der Waals surface area contributed by atoms with E-state index in [0.717, 1.165) is 0 Å². The van der Waals surface area contributed by atoms with Gasteiger partial charge in [0.05, 0.1) is 78.8 Å². The lowest BCUT2D eigenvalue weighted by atomic mass is 10.4. The standard InChI is InChI=1S/C14H26INO6S/c15-14(23)16-11-13-12-21-8-7-19-4-3-17-1-2-18-5-6-20-9-10-22-13/h13H,1-12H2,(H,16,23). The van der Waals surface area contributed by atoms with Crippen LogP contribution in [0.1, 0.15) is 0 Å². The Morgan fingerprint density at radius 1 is 0.783 bits per heavy atom. The quantitative estimate of drug-likeness (QED) is 0.279. The van der Waals surface area contributed by atoms with Crippen molar-refractivity contribution in [3.05, 3.63) is 0 Å². The topological polar surface area (TPSA) is 67.4 Å². The van der Waals surface area contributed by atoms with Crippen LogP contribution in [0.25, 0.3) is 0 Å². The van der Waals surface area contributed by atoms with Gasteiger partial charge < -0.3 is 33.7 Å². The second-order valence-electron chi connectivity index (χ2n) is 4.67. The smallest absolute Gasteiger partial charge is 0.137 e. The highest BCUT2D eigenvalue weighted by Crippen LogP contribution is 1.96. The van der Waals surface area contributed by atoms with Crippen LogP contribution >= 0.6 is 34.8 Å². The number of rotatable bonds is 2. The maximum absolute atomic E-state index is 5.76. The molecule has 0 aromatic rings. The van der Waals surface area contributed by atoms with Gasteiger partial charge in [-0.05, 0) is 22.6 Å². The summed E-state index contributed by atoms with van der Waals surface area (Å²) in [6.07, 6.45) is -0.0789. The summed E-state index contributed by atoms with van der Waals surface area (Å²) in [5.41, 5.74) is 0. The fourth-order valence-electron chi connectivity index (χ4n) is 1.73. The summed E-state index contributed by atoms with van der Waals surface area (Å²) in [6.45, 7) is 6.51. The molecule has 1 fully saturated rings. The third-order valence-electron chi connectivity index (χ3n) is 2.84. The van der Waals surface area contributed by atoms with E-state index in [0.29, 0.717) is 82.2 Å². The molecule has 0 aliphatic carbocycles. The highest BCUT2D eigenvalue weighted by molar-refractivity contribution is 14.1. The van der Waals surface area contributed by atoms with Crippen molar-refractivity contribution in [2.24, 2.45) is 0 Å². The number of thiocarbonyl (C=S) groups is 1. The molecule has 0 aromatic carbocycles. The van der Waals surface area contributed by atoms with Crippen molar-refractivity contribution in [1.29, 1.82) is 0 Å². The minimum absolute atomic E-state index is 0.0789. The molecular weight excluding hydrogens is 437 g/mol. The third-order valence-corrected chi connectivity index (χ3v) is 3.37. The second kappa shape index (κ2) is 15.9. The molecule has 1 N–H and O–H groups in total. The molecule has 0 spiro atoms. The van der Waals surface area contributed by atoms with E-state index in [4.69, 9.17) is 40.6 Å². The van der Waals surface area contributed by atoms with E-state index in [-0.39, 0.29) is 6.10 Å². The van der Waals surface area contributed by atoms with Gasteiger partial charge in [0, 0.05) is 6.54 Å². The van der Waals surface area contributed by atoms with Gasteiger partial charge in [0.25, 0.3) is 0 Å². The molecule has 1 aliphatic heterocycles. The highest BCUT2D eigenvalue weighted by atomic mass is 127. The molecule has 0 saturated carbocycles. The Balaban J connectivity index is 2.25. The molecule has 23 heavy (non-hydrogen) atoms. The van der Waals surface area contributed by atoms with Gasteiger partial charge in [-0.1, -0.05) is 12.2 Å². The summed E-state index contributed by atoms with van der Waals surface area (Å²) in [7, 11) is 0. The van der Waals surface area contributed by atoms with Crippen molar-refractivity contribution in [2.45, 2.75) is 6.10 Å². The Morgan fingerprint density at radius 3 is 1.70 bits per heavy atom. The molecule has 9 heteroatoms. The molecule has 0 radical (unpaired) electrons. The van der Waals surface area contributed by atoms with Crippen LogP contribution in [-0.4, -0.2) is 88.3 Å². The third kappa shape index (κ3) is 14.4. The maximum atomic E-state index is 5.76. The first kappa shape index (κ1) is 21.4. The van der Waals surface area contributed by atoms with Crippen molar-refractivity contribution in [2.75, 3.05) is 79.2 Å². The fourth-order valence-corrected chi connectivity index (χ4v) is 2.03. The van der Waals surface area contributed by atoms with Crippen LogP contribution in [0.15, 0.2) is 0 Å². The maximum Gasteiger partial charge on any atom is 0.137 e. The largest absolute Gasteiger partial charge is 0.377 e. The van der Waals surface area contributed by atoms with Crippen LogP contribution in [-0.2, 0) is 28.4 Å². The lowest BCUT2D eigenvalue weighted by molar-refractivity contribution is -0.0584. The molecule has 7 nitrogen and oxygen atoms in total. The van der Waals surface area contributed by atoms with Gasteiger partial charge in [0.2, 0.25) is 0 Å². The zero-order valence-corrected chi connectivity index (χ0v) is 16.3. The first-order valence-corrected chi connectivity index (χ1v) is 9.21. The number of nitrogens with one attached hydrogen (secondary N) is 1. The Morgan fingerprint density at radius 2 is 1.22 bits per heavy atom. The van der Waals surface area contributed by atoms with Crippen molar-refractivity contribution in [1.82, 2.24) is 5.32 Å². The van der Waals surface area contributed by atoms with Gasteiger partial charge in [-0.25, -0.2) is 0 Å². The normalized spacial score (nSPS) is 24.3. The minimum atomic E-state index is -0.0789. The summed E-state index contributed by atoms with van der Waals surface area (Å²) in [4.78, 5) is 0. The molecule has 1 saturated heterocycles. The van der Waals surface area contributed by atoms with Gasteiger partial charge in [-0.3, -0.25) is 0 Å². The van der Waals surface area contributed by atoms with Crippen molar-refractivity contribution < 1.29 is 28.4 Å². The van der Waals surface area contributed by atoms with Gasteiger partial charge >= 0.3 is 0 Å². The molecule has 0 amide bonds. The lowest BCUT2D eigenvalue weighted by Crippen LogP contribution is -2.35. The van der Waals surface area contributed by atoms with Crippen LogP contribution in [0.3, 0.4) is 0 Å². The summed E-state index contributed by atoms with van der Waals surface area (Å²) in [6, 6.07) is 0.